The Bertz CT molecular complexity index is 623. The number of carbonyl (C=O) groups excluding carboxylic acids is 2. The van der Waals surface area contributed by atoms with Crippen molar-refractivity contribution in [2.45, 2.75) is 116 Å². The van der Waals surface area contributed by atoms with Gasteiger partial charge in [0.05, 0.1) is 43.9 Å². The number of hydrogen-bond acceptors (Lipinski definition) is 9. The number of carbonyl (C=O) groups is 2. The zero-order chi connectivity index (χ0) is 23.4. The monoisotopic (exact) mass is 446 g/mol. The van der Waals surface area contributed by atoms with Gasteiger partial charge in [-0.05, 0) is 48.5 Å². The SMILES string of the molecule is CC(C)(C)OC(=O)C[C@H]1C[C@@H](COC(=O)C[C@H]2C[C@@H](CO)OC(C)(C)O2)OC(C)(C)O1. The summed E-state index contributed by atoms with van der Waals surface area (Å²) in [5.41, 5.74) is -0.567. The fraction of sp³-hybridized carbons (Fsp3) is 0.909. The molecule has 0 aromatic carbocycles. The summed E-state index contributed by atoms with van der Waals surface area (Å²) in [6.07, 6.45) is -0.615. The van der Waals surface area contributed by atoms with Gasteiger partial charge in [-0.1, -0.05) is 0 Å². The molecule has 2 heterocycles. The molecule has 0 unspecified atom stereocenters. The Morgan fingerprint density at radius 1 is 0.839 bits per heavy atom. The van der Waals surface area contributed by atoms with Crippen molar-refractivity contribution in [3.05, 3.63) is 0 Å². The van der Waals surface area contributed by atoms with Gasteiger partial charge < -0.3 is 33.5 Å². The highest BCUT2D eigenvalue weighted by molar-refractivity contribution is 5.70. The molecule has 0 aromatic heterocycles. The number of aliphatic hydroxyl groups is 1. The van der Waals surface area contributed by atoms with E-state index in [-0.39, 0.29) is 38.1 Å². The first-order chi connectivity index (χ1) is 14.2. The van der Waals surface area contributed by atoms with Crippen LogP contribution in [0.25, 0.3) is 0 Å². The Morgan fingerprint density at radius 2 is 1.29 bits per heavy atom. The number of hydrogen-bond donors (Lipinski definition) is 1. The molecule has 2 fully saturated rings. The summed E-state index contributed by atoms with van der Waals surface area (Å²) in [6, 6.07) is 0. The van der Waals surface area contributed by atoms with Crippen LogP contribution >= 0.6 is 0 Å². The molecule has 9 heteroatoms. The molecule has 2 rings (SSSR count). The van der Waals surface area contributed by atoms with Crippen molar-refractivity contribution < 1.29 is 43.1 Å². The number of aliphatic hydroxyl groups excluding tert-OH is 1. The molecule has 0 saturated carbocycles. The molecule has 0 aliphatic carbocycles. The van der Waals surface area contributed by atoms with E-state index in [2.05, 4.69) is 0 Å². The highest BCUT2D eigenvalue weighted by Crippen LogP contribution is 2.30. The van der Waals surface area contributed by atoms with Gasteiger partial charge in [0.15, 0.2) is 11.6 Å². The summed E-state index contributed by atoms with van der Waals surface area (Å²) in [4.78, 5) is 24.5. The first-order valence-corrected chi connectivity index (χ1v) is 10.9. The molecule has 0 amide bonds. The Kier molecular flexibility index (Phi) is 8.49. The van der Waals surface area contributed by atoms with E-state index in [4.69, 9.17) is 28.4 Å². The zero-order valence-corrected chi connectivity index (χ0v) is 19.8. The molecule has 0 spiro atoms. The second kappa shape index (κ2) is 10.1. The Labute approximate surface area is 184 Å². The van der Waals surface area contributed by atoms with E-state index in [1.807, 2.05) is 20.8 Å². The number of rotatable bonds is 7. The summed E-state index contributed by atoms with van der Waals surface area (Å²) >= 11 is 0. The number of ether oxygens (including phenoxy) is 6. The van der Waals surface area contributed by atoms with Gasteiger partial charge in [-0.2, -0.15) is 0 Å². The quantitative estimate of drug-likeness (QED) is 0.590. The van der Waals surface area contributed by atoms with Gasteiger partial charge >= 0.3 is 11.9 Å². The molecule has 2 aliphatic rings. The topological polar surface area (TPSA) is 110 Å². The first-order valence-electron chi connectivity index (χ1n) is 10.9. The summed E-state index contributed by atoms with van der Waals surface area (Å²) in [6.45, 7) is 12.4. The van der Waals surface area contributed by atoms with E-state index < -0.39 is 41.5 Å². The van der Waals surface area contributed by atoms with Crippen molar-refractivity contribution in [3.8, 4) is 0 Å². The molecule has 2 aliphatic heterocycles. The van der Waals surface area contributed by atoms with Crippen LogP contribution in [0.3, 0.4) is 0 Å². The molecule has 180 valence electrons. The van der Waals surface area contributed by atoms with Crippen molar-refractivity contribution >= 4 is 11.9 Å². The summed E-state index contributed by atoms with van der Waals surface area (Å²) in [5, 5.41) is 9.39. The lowest BCUT2D eigenvalue weighted by atomic mass is 10.1. The Balaban J connectivity index is 1.84. The largest absolute Gasteiger partial charge is 0.463 e. The highest BCUT2D eigenvalue weighted by Gasteiger charge is 2.39. The molecule has 0 aromatic rings. The lowest BCUT2D eigenvalue weighted by molar-refractivity contribution is -0.308. The molecule has 2 saturated heterocycles. The first kappa shape index (κ1) is 26.0. The van der Waals surface area contributed by atoms with Gasteiger partial charge in [0, 0.05) is 12.8 Å². The average molecular weight is 447 g/mol. The van der Waals surface area contributed by atoms with Gasteiger partial charge in [0.2, 0.25) is 0 Å². The average Bonchev–Trinajstić information content (AvgIpc) is 2.55. The van der Waals surface area contributed by atoms with E-state index in [9.17, 15) is 14.7 Å². The van der Waals surface area contributed by atoms with Crippen molar-refractivity contribution in [2.24, 2.45) is 0 Å². The third kappa shape index (κ3) is 9.41. The molecule has 0 bridgehead atoms. The third-order valence-electron chi connectivity index (χ3n) is 4.70. The van der Waals surface area contributed by atoms with Crippen LogP contribution in [0, 0.1) is 0 Å². The molecule has 1 N–H and O–H groups in total. The van der Waals surface area contributed by atoms with Crippen molar-refractivity contribution in [3.63, 3.8) is 0 Å². The van der Waals surface area contributed by atoms with E-state index in [1.54, 1.807) is 27.7 Å². The predicted octanol–water partition coefficient (Wildman–Crippen LogP) is 2.46. The highest BCUT2D eigenvalue weighted by atomic mass is 16.7. The predicted molar refractivity (Wildman–Crippen MR) is 110 cm³/mol. The minimum atomic E-state index is -0.913. The van der Waals surface area contributed by atoms with Crippen molar-refractivity contribution in [1.29, 1.82) is 0 Å². The Hall–Kier alpha value is -1.26. The number of esters is 2. The van der Waals surface area contributed by atoms with Crippen LogP contribution < -0.4 is 0 Å². The van der Waals surface area contributed by atoms with Crippen LogP contribution in [0.2, 0.25) is 0 Å². The maximum Gasteiger partial charge on any atom is 0.308 e. The van der Waals surface area contributed by atoms with Crippen LogP contribution in [0.15, 0.2) is 0 Å². The van der Waals surface area contributed by atoms with Gasteiger partial charge in [-0.15, -0.1) is 0 Å². The van der Waals surface area contributed by atoms with Gasteiger partial charge in [0.1, 0.15) is 12.2 Å². The minimum absolute atomic E-state index is 0.0481. The smallest absolute Gasteiger partial charge is 0.308 e. The van der Waals surface area contributed by atoms with Crippen LogP contribution in [0.1, 0.15) is 74.1 Å². The molecular weight excluding hydrogens is 408 g/mol. The zero-order valence-electron chi connectivity index (χ0n) is 19.8. The van der Waals surface area contributed by atoms with Crippen molar-refractivity contribution in [2.75, 3.05) is 13.2 Å². The molecular formula is C22H38O9. The van der Waals surface area contributed by atoms with Crippen molar-refractivity contribution in [1.82, 2.24) is 0 Å². The minimum Gasteiger partial charge on any atom is -0.463 e. The Morgan fingerprint density at radius 3 is 1.81 bits per heavy atom. The van der Waals surface area contributed by atoms with Crippen LogP contribution in [-0.4, -0.2) is 71.9 Å². The van der Waals surface area contributed by atoms with Gasteiger partial charge in [-0.3, -0.25) is 9.59 Å². The van der Waals surface area contributed by atoms with E-state index in [1.165, 1.54) is 0 Å². The fourth-order valence-electron chi connectivity index (χ4n) is 3.90. The second-order valence-corrected chi connectivity index (χ2v) is 10.1. The summed E-state index contributed by atoms with van der Waals surface area (Å²) < 4.78 is 33.9. The van der Waals surface area contributed by atoms with Gasteiger partial charge in [-0.25, -0.2) is 0 Å². The molecule has 9 nitrogen and oxygen atoms in total. The maximum atomic E-state index is 12.4. The second-order valence-electron chi connectivity index (χ2n) is 10.1. The van der Waals surface area contributed by atoms with E-state index in [0.29, 0.717) is 12.8 Å². The maximum absolute atomic E-state index is 12.4. The molecule has 4 atom stereocenters. The third-order valence-corrected chi connectivity index (χ3v) is 4.70. The van der Waals surface area contributed by atoms with E-state index >= 15 is 0 Å². The van der Waals surface area contributed by atoms with Crippen LogP contribution in [-0.2, 0) is 38.0 Å². The molecule has 0 radical (unpaired) electrons. The molecule has 31 heavy (non-hydrogen) atoms. The normalized spacial score (nSPS) is 30.5. The summed E-state index contributed by atoms with van der Waals surface area (Å²) in [5.74, 6) is -2.55. The van der Waals surface area contributed by atoms with Gasteiger partial charge in [0.25, 0.3) is 0 Å². The standard InChI is InChI=1S/C22H38O9/c1-20(2,3)31-19(25)11-15-9-17(30-22(6,7)28-15)13-26-18(24)10-14-8-16(12-23)29-21(4,5)27-14/h14-17,23H,8-13H2,1-7H3/t14-,15-,16+,17+/m1/s1. The van der Waals surface area contributed by atoms with E-state index in [0.717, 1.165) is 0 Å². The van der Waals surface area contributed by atoms with Crippen LogP contribution in [0.5, 0.6) is 0 Å². The summed E-state index contributed by atoms with van der Waals surface area (Å²) in [7, 11) is 0. The van der Waals surface area contributed by atoms with Crippen LogP contribution in [0.4, 0.5) is 0 Å². The lowest BCUT2D eigenvalue weighted by Gasteiger charge is -2.41. The lowest BCUT2D eigenvalue weighted by Crippen LogP contribution is -2.48. The fourth-order valence-corrected chi connectivity index (χ4v) is 3.90.